The van der Waals surface area contributed by atoms with Gasteiger partial charge in [-0.1, -0.05) is 19.1 Å². The summed E-state index contributed by atoms with van der Waals surface area (Å²) in [4.78, 5) is 23.8. The van der Waals surface area contributed by atoms with Crippen molar-refractivity contribution >= 4 is 23.2 Å². The van der Waals surface area contributed by atoms with Crippen molar-refractivity contribution in [3.63, 3.8) is 0 Å². The van der Waals surface area contributed by atoms with E-state index in [0.717, 1.165) is 12.2 Å². The number of ether oxygens (including phenoxy) is 1. The minimum atomic E-state index is -0.184. The Morgan fingerprint density at radius 3 is 2.54 bits per heavy atom. The van der Waals surface area contributed by atoms with Crippen LogP contribution in [0.15, 0.2) is 48.5 Å². The van der Waals surface area contributed by atoms with E-state index in [1.165, 1.54) is 0 Å². The van der Waals surface area contributed by atoms with Gasteiger partial charge in [0, 0.05) is 30.1 Å². The predicted octanol–water partition coefficient (Wildman–Crippen LogP) is 3.27. The van der Waals surface area contributed by atoms with Crippen LogP contribution >= 0.6 is 0 Å². The van der Waals surface area contributed by atoms with Crippen molar-refractivity contribution in [1.29, 1.82) is 0 Å². The molecule has 0 aromatic heterocycles. The second-order valence-electron chi connectivity index (χ2n) is 5.93. The number of benzene rings is 2. The zero-order valence-corrected chi connectivity index (χ0v) is 15.3. The Morgan fingerprint density at radius 1 is 1.08 bits per heavy atom. The Hall–Kier alpha value is -3.02. The number of rotatable bonds is 8. The van der Waals surface area contributed by atoms with Crippen molar-refractivity contribution in [3.8, 4) is 5.75 Å². The Balaban J connectivity index is 1.91. The van der Waals surface area contributed by atoms with Crippen LogP contribution in [0, 0.1) is 0 Å². The number of hydrogen-bond donors (Lipinski definition) is 3. The van der Waals surface area contributed by atoms with Gasteiger partial charge in [-0.3, -0.25) is 9.59 Å². The van der Waals surface area contributed by atoms with E-state index in [1.54, 1.807) is 37.4 Å². The van der Waals surface area contributed by atoms with Crippen LogP contribution in [0.3, 0.4) is 0 Å². The second-order valence-corrected chi connectivity index (χ2v) is 5.93. The molecule has 2 amide bonds. The van der Waals surface area contributed by atoms with E-state index in [0.29, 0.717) is 16.9 Å². The fourth-order valence-electron chi connectivity index (χ4n) is 2.27. The summed E-state index contributed by atoms with van der Waals surface area (Å²) in [6.45, 7) is 4.15. The molecule has 0 aliphatic heterocycles. The van der Waals surface area contributed by atoms with Crippen LogP contribution in [0.25, 0.3) is 0 Å². The normalized spacial score (nSPS) is 11.3. The first-order chi connectivity index (χ1) is 12.5. The molecule has 1 atom stereocenters. The molecule has 2 aromatic carbocycles. The topological polar surface area (TPSA) is 79.5 Å². The molecule has 138 valence electrons. The summed E-state index contributed by atoms with van der Waals surface area (Å²) in [7, 11) is 1.58. The number of carbonyl (C=O) groups excluding carboxylic acids is 2. The number of amides is 2. The molecular formula is C20H25N3O3. The molecule has 0 spiro atoms. The van der Waals surface area contributed by atoms with Gasteiger partial charge in [-0.2, -0.15) is 0 Å². The molecule has 0 aliphatic carbocycles. The summed E-state index contributed by atoms with van der Waals surface area (Å²) in [6.07, 6.45) is 1.03. The molecule has 1 unspecified atom stereocenters. The van der Waals surface area contributed by atoms with E-state index in [9.17, 15) is 9.59 Å². The Labute approximate surface area is 153 Å². The summed E-state index contributed by atoms with van der Waals surface area (Å²) >= 11 is 0. The van der Waals surface area contributed by atoms with E-state index in [4.69, 9.17) is 4.74 Å². The lowest BCUT2D eigenvalue weighted by molar-refractivity contribution is -0.114. The summed E-state index contributed by atoms with van der Waals surface area (Å²) in [6, 6.07) is 14.3. The summed E-state index contributed by atoms with van der Waals surface area (Å²) in [5.74, 6) is 0.371. The quantitative estimate of drug-likeness (QED) is 0.679. The molecule has 0 saturated heterocycles. The molecular weight excluding hydrogens is 330 g/mol. The highest BCUT2D eigenvalue weighted by atomic mass is 16.5. The third-order valence-corrected chi connectivity index (χ3v) is 3.83. The molecule has 0 radical (unpaired) electrons. The zero-order valence-electron chi connectivity index (χ0n) is 15.3. The maximum atomic E-state index is 12.2. The van der Waals surface area contributed by atoms with E-state index >= 15 is 0 Å². The van der Waals surface area contributed by atoms with Gasteiger partial charge < -0.3 is 20.7 Å². The van der Waals surface area contributed by atoms with Crippen LogP contribution in [-0.2, 0) is 4.79 Å². The van der Waals surface area contributed by atoms with Crippen LogP contribution in [0.1, 0.15) is 30.6 Å². The van der Waals surface area contributed by atoms with E-state index in [-0.39, 0.29) is 24.5 Å². The van der Waals surface area contributed by atoms with Gasteiger partial charge >= 0.3 is 0 Å². The van der Waals surface area contributed by atoms with Crippen molar-refractivity contribution in [3.05, 3.63) is 54.1 Å². The monoisotopic (exact) mass is 355 g/mol. The maximum Gasteiger partial charge on any atom is 0.251 e. The molecule has 26 heavy (non-hydrogen) atoms. The van der Waals surface area contributed by atoms with Crippen LogP contribution < -0.4 is 20.7 Å². The first kappa shape index (κ1) is 19.3. The highest BCUT2D eigenvalue weighted by Crippen LogP contribution is 2.19. The van der Waals surface area contributed by atoms with Gasteiger partial charge in [0.1, 0.15) is 5.75 Å². The summed E-state index contributed by atoms with van der Waals surface area (Å²) < 4.78 is 5.76. The highest BCUT2D eigenvalue weighted by molar-refractivity contribution is 5.96. The van der Waals surface area contributed by atoms with Crippen LogP contribution in [0.2, 0.25) is 0 Å². The molecule has 0 aliphatic rings. The van der Waals surface area contributed by atoms with E-state index in [1.807, 2.05) is 25.1 Å². The van der Waals surface area contributed by atoms with Crippen molar-refractivity contribution in [1.82, 2.24) is 5.32 Å². The van der Waals surface area contributed by atoms with Crippen molar-refractivity contribution < 1.29 is 14.3 Å². The second kappa shape index (κ2) is 9.46. The highest BCUT2D eigenvalue weighted by Gasteiger charge is 2.07. The largest absolute Gasteiger partial charge is 0.491 e. The Bertz CT molecular complexity index is 761. The van der Waals surface area contributed by atoms with Crippen LogP contribution in [0.4, 0.5) is 11.4 Å². The summed E-state index contributed by atoms with van der Waals surface area (Å²) in [5.41, 5.74) is 1.92. The third kappa shape index (κ3) is 5.81. The van der Waals surface area contributed by atoms with E-state index < -0.39 is 0 Å². The number of carbonyl (C=O) groups is 2. The Kier molecular flexibility index (Phi) is 7.02. The molecule has 2 aromatic rings. The van der Waals surface area contributed by atoms with Gasteiger partial charge in [0.2, 0.25) is 5.91 Å². The number of nitrogens with one attached hydrogen (secondary N) is 3. The first-order valence-corrected chi connectivity index (χ1v) is 8.64. The molecule has 3 N–H and O–H groups in total. The number of hydrogen-bond acceptors (Lipinski definition) is 4. The first-order valence-electron chi connectivity index (χ1n) is 8.64. The van der Waals surface area contributed by atoms with Crippen molar-refractivity contribution in [2.75, 3.05) is 24.2 Å². The molecule has 0 heterocycles. The van der Waals surface area contributed by atoms with Crippen molar-refractivity contribution in [2.24, 2.45) is 0 Å². The van der Waals surface area contributed by atoms with Gasteiger partial charge in [0.05, 0.1) is 12.6 Å². The molecule has 6 nitrogen and oxygen atoms in total. The van der Waals surface area contributed by atoms with Gasteiger partial charge in [0.15, 0.2) is 0 Å². The molecule has 0 saturated carbocycles. The average Bonchev–Trinajstić information content (AvgIpc) is 2.66. The van der Waals surface area contributed by atoms with Gasteiger partial charge in [0.25, 0.3) is 5.91 Å². The fraction of sp³-hybridized carbons (Fsp3) is 0.300. The average molecular weight is 355 g/mol. The minimum absolute atomic E-state index is 0.0909. The molecule has 0 bridgehead atoms. The lowest BCUT2D eigenvalue weighted by Gasteiger charge is -2.14. The van der Waals surface area contributed by atoms with Gasteiger partial charge in [-0.15, -0.1) is 0 Å². The smallest absolute Gasteiger partial charge is 0.251 e. The lowest BCUT2D eigenvalue weighted by Crippen LogP contribution is -2.22. The Morgan fingerprint density at radius 2 is 1.81 bits per heavy atom. The van der Waals surface area contributed by atoms with Gasteiger partial charge in [-0.25, -0.2) is 0 Å². The zero-order chi connectivity index (χ0) is 18.9. The standard InChI is InChI=1S/C20H25N3O3/c1-4-14(2)26-18-10-6-9-17(12-18)23-19(24)13-22-16-8-5-7-15(11-16)20(25)21-3/h5-12,14,22H,4,13H2,1-3H3,(H,21,25)(H,23,24). The van der Waals surface area contributed by atoms with E-state index in [2.05, 4.69) is 22.9 Å². The molecule has 6 heteroatoms. The lowest BCUT2D eigenvalue weighted by atomic mass is 10.2. The summed E-state index contributed by atoms with van der Waals surface area (Å²) in [5, 5.41) is 8.42. The minimum Gasteiger partial charge on any atom is -0.491 e. The third-order valence-electron chi connectivity index (χ3n) is 3.83. The molecule has 2 rings (SSSR count). The molecule has 0 fully saturated rings. The van der Waals surface area contributed by atoms with Crippen LogP contribution in [0.5, 0.6) is 5.75 Å². The SMILES string of the molecule is CCC(C)Oc1cccc(NC(=O)CNc2cccc(C(=O)NC)c2)c1. The van der Waals surface area contributed by atoms with Gasteiger partial charge in [-0.05, 0) is 43.7 Å². The van der Waals surface area contributed by atoms with Crippen molar-refractivity contribution in [2.45, 2.75) is 26.4 Å². The number of anilines is 2. The van der Waals surface area contributed by atoms with Crippen LogP contribution in [-0.4, -0.2) is 31.5 Å². The predicted molar refractivity (Wildman–Crippen MR) is 104 cm³/mol. The fourth-order valence-corrected chi connectivity index (χ4v) is 2.27. The maximum absolute atomic E-state index is 12.2.